The van der Waals surface area contributed by atoms with Gasteiger partial charge in [-0.2, -0.15) is 0 Å². The first-order chi connectivity index (χ1) is 9.81. The van der Waals surface area contributed by atoms with Crippen LogP contribution in [-0.2, 0) is 11.3 Å². The van der Waals surface area contributed by atoms with E-state index in [4.69, 9.17) is 0 Å². The fourth-order valence-electron chi connectivity index (χ4n) is 3.25. The number of hydrogen-bond acceptors (Lipinski definition) is 3. The molecule has 3 rings (SSSR count). The molecule has 1 aromatic carbocycles. The number of carbonyl (C=O) groups excluding carboxylic acids is 1. The minimum Gasteiger partial charge on any atom is -0.351 e. The highest BCUT2D eigenvalue weighted by Gasteiger charge is 2.30. The number of nitrogens with zero attached hydrogens (tertiary/aromatic N) is 2. The molecule has 0 saturated carbocycles. The molecule has 2 saturated heterocycles. The second-order valence-electron chi connectivity index (χ2n) is 5.83. The molecule has 1 aromatic rings. The number of nitrogens with one attached hydrogen (secondary N) is 1. The van der Waals surface area contributed by atoms with E-state index in [-0.39, 0.29) is 5.91 Å². The molecule has 0 bridgehead atoms. The molecular formula is C16H23N3O. The van der Waals surface area contributed by atoms with Crippen LogP contribution in [0.15, 0.2) is 30.3 Å². The number of hydrogen-bond donors (Lipinski definition) is 1. The van der Waals surface area contributed by atoms with E-state index in [2.05, 4.69) is 15.1 Å². The molecule has 1 N–H and O–H groups in total. The first-order valence-corrected chi connectivity index (χ1v) is 7.58. The lowest BCUT2D eigenvalue weighted by Gasteiger charge is -2.37. The van der Waals surface area contributed by atoms with E-state index in [1.54, 1.807) is 0 Å². The van der Waals surface area contributed by atoms with Crippen LogP contribution >= 0.6 is 0 Å². The summed E-state index contributed by atoms with van der Waals surface area (Å²) in [5.41, 5.74) is 1.15. The Bertz CT molecular complexity index is 448. The van der Waals surface area contributed by atoms with Gasteiger partial charge in [0, 0.05) is 32.2 Å². The van der Waals surface area contributed by atoms with Crippen LogP contribution in [0, 0.1) is 0 Å². The molecule has 2 fully saturated rings. The summed E-state index contributed by atoms with van der Waals surface area (Å²) in [6.07, 6.45) is 2.61. The molecule has 20 heavy (non-hydrogen) atoms. The second-order valence-corrected chi connectivity index (χ2v) is 5.83. The van der Waals surface area contributed by atoms with Gasteiger partial charge < -0.3 is 5.32 Å². The number of fused-ring (bicyclic) bond motifs is 1. The Kier molecular flexibility index (Phi) is 4.33. The Hall–Kier alpha value is -1.39. The fourth-order valence-corrected chi connectivity index (χ4v) is 3.25. The monoisotopic (exact) mass is 273 g/mol. The predicted molar refractivity (Wildman–Crippen MR) is 79.3 cm³/mol. The molecule has 0 aromatic heterocycles. The number of carbonyl (C=O) groups is 1. The van der Waals surface area contributed by atoms with Gasteiger partial charge in [0.25, 0.3) is 0 Å². The van der Waals surface area contributed by atoms with Crippen molar-refractivity contribution in [2.45, 2.75) is 25.4 Å². The maximum absolute atomic E-state index is 12.0. The van der Waals surface area contributed by atoms with Gasteiger partial charge in [-0.1, -0.05) is 30.3 Å². The van der Waals surface area contributed by atoms with Gasteiger partial charge in [0.1, 0.15) is 0 Å². The summed E-state index contributed by atoms with van der Waals surface area (Å²) >= 11 is 0. The van der Waals surface area contributed by atoms with Crippen LogP contribution in [0.3, 0.4) is 0 Å². The SMILES string of the molecule is O=C(CN1CCN2CCCC2C1)NCc1ccccc1. The van der Waals surface area contributed by atoms with E-state index >= 15 is 0 Å². The third-order valence-corrected chi connectivity index (χ3v) is 4.37. The van der Waals surface area contributed by atoms with Crippen molar-refractivity contribution < 1.29 is 4.79 Å². The maximum atomic E-state index is 12.0. The van der Waals surface area contributed by atoms with Gasteiger partial charge in [-0.15, -0.1) is 0 Å². The zero-order valence-electron chi connectivity index (χ0n) is 11.9. The third-order valence-electron chi connectivity index (χ3n) is 4.37. The Labute approximate surface area is 120 Å². The van der Waals surface area contributed by atoms with Crippen molar-refractivity contribution in [2.75, 3.05) is 32.7 Å². The molecule has 1 atom stereocenters. The molecule has 1 amide bonds. The predicted octanol–water partition coefficient (Wildman–Crippen LogP) is 1.08. The van der Waals surface area contributed by atoms with Crippen LogP contribution in [0.25, 0.3) is 0 Å². The summed E-state index contributed by atoms with van der Waals surface area (Å²) < 4.78 is 0. The van der Waals surface area contributed by atoms with Crippen molar-refractivity contribution in [1.82, 2.24) is 15.1 Å². The summed E-state index contributed by atoms with van der Waals surface area (Å²) in [5.74, 6) is 0.139. The van der Waals surface area contributed by atoms with E-state index in [0.717, 1.165) is 25.2 Å². The molecular weight excluding hydrogens is 250 g/mol. The molecule has 2 heterocycles. The number of benzene rings is 1. The van der Waals surface area contributed by atoms with E-state index in [1.807, 2.05) is 30.3 Å². The lowest BCUT2D eigenvalue weighted by atomic mass is 10.1. The highest BCUT2D eigenvalue weighted by molar-refractivity contribution is 5.78. The first kappa shape index (κ1) is 13.6. The molecule has 2 aliphatic heterocycles. The Morgan fingerprint density at radius 3 is 2.90 bits per heavy atom. The molecule has 4 heteroatoms. The Morgan fingerprint density at radius 2 is 2.05 bits per heavy atom. The maximum Gasteiger partial charge on any atom is 0.234 e. The van der Waals surface area contributed by atoms with Crippen LogP contribution in [0.4, 0.5) is 0 Å². The minimum absolute atomic E-state index is 0.139. The minimum atomic E-state index is 0.139. The summed E-state index contributed by atoms with van der Waals surface area (Å²) in [6, 6.07) is 10.8. The van der Waals surface area contributed by atoms with Crippen LogP contribution in [0.5, 0.6) is 0 Å². The summed E-state index contributed by atoms with van der Waals surface area (Å²) in [5, 5.41) is 3.01. The van der Waals surface area contributed by atoms with Gasteiger partial charge in [0.15, 0.2) is 0 Å². The van der Waals surface area contributed by atoms with Crippen LogP contribution in [0.2, 0.25) is 0 Å². The van der Waals surface area contributed by atoms with Gasteiger partial charge in [0.05, 0.1) is 6.54 Å². The topological polar surface area (TPSA) is 35.6 Å². The van der Waals surface area contributed by atoms with Crippen LogP contribution < -0.4 is 5.32 Å². The van der Waals surface area contributed by atoms with Gasteiger partial charge in [-0.3, -0.25) is 14.6 Å². The van der Waals surface area contributed by atoms with Crippen molar-refractivity contribution in [1.29, 1.82) is 0 Å². The third kappa shape index (κ3) is 3.38. The normalized spacial score (nSPS) is 23.5. The van der Waals surface area contributed by atoms with Crippen molar-refractivity contribution in [3.8, 4) is 0 Å². The molecule has 2 aliphatic rings. The van der Waals surface area contributed by atoms with Gasteiger partial charge in [-0.25, -0.2) is 0 Å². The molecule has 108 valence electrons. The van der Waals surface area contributed by atoms with E-state index < -0.39 is 0 Å². The number of amides is 1. The van der Waals surface area contributed by atoms with Gasteiger partial charge in [0.2, 0.25) is 5.91 Å². The zero-order valence-corrected chi connectivity index (χ0v) is 11.9. The van der Waals surface area contributed by atoms with E-state index in [1.165, 1.54) is 19.4 Å². The van der Waals surface area contributed by atoms with E-state index in [0.29, 0.717) is 19.1 Å². The largest absolute Gasteiger partial charge is 0.351 e. The average molecular weight is 273 g/mol. The van der Waals surface area contributed by atoms with Gasteiger partial charge >= 0.3 is 0 Å². The summed E-state index contributed by atoms with van der Waals surface area (Å²) in [4.78, 5) is 16.9. The van der Waals surface area contributed by atoms with Crippen molar-refractivity contribution >= 4 is 5.91 Å². The summed E-state index contributed by atoms with van der Waals surface area (Å²) in [6.45, 7) is 5.61. The quantitative estimate of drug-likeness (QED) is 0.892. The van der Waals surface area contributed by atoms with Gasteiger partial charge in [-0.05, 0) is 24.9 Å². The molecule has 0 spiro atoms. The average Bonchev–Trinajstić information content (AvgIpc) is 2.94. The fraction of sp³-hybridized carbons (Fsp3) is 0.562. The van der Waals surface area contributed by atoms with Crippen LogP contribution in [0.1, 0.15) is 18.4 Å². The molecule has 1 unspecified atom stereocenters. The number of piperazine rings is 1. The lowest BCUT2D eigenvalue weighted by molar-refractivity contribution is -0.123. The first-order valence-electron chi connectivity index (χ1n) is 7.58. The summed E-state index contributed by atoms with van der Waals surface area (Å²) in [7, 11) is 0. The number of rotatable bonds is 4. The van der Waals surface area contributed by atoms with Crippen LogP contribution in [-0.4, -0.2) is 54.5 Å². The zero-order chi connectivity index (χ0) is 13.8. The highest BCUT2D eigenvalue weighted by Crippen LogP contribution is 2.21. The molecule has 4 nitrogen and oxygen atoms in total. The highest BCUT2D eigenvalue weighted by atomic mass is 16.2. The lowest BCUT2D eigenvalue weighted by Crippen LogP contribution is -2.52. The van der Waals surface area contributed by atoms with E-state index in [9.17, 15) is 4.79 Å². The smallest absolute Gasteiger partial charge is 0.234 e. The molecule has 0 radical (unpaired) electrons. The van der Waals surface area contributed by atoms with Crippen molar-refractivity contribution in [2.24, 2.45) is 0 Å². The Balaban J connectivity index is 1.42. The van der Waals surface area contributed by atoms with Crippen molar-refractivity contribution in [3.05, 3.63) is 35.9 Å². The van der Waals surface area contributed by atoms with Crippen molar-refractivity contribution in [3.63, 3.8) is 0 Å². The second kappa shape index (κ2) is 6.37. The Morgan fingerprint density at radius 1 is 1.20 bits per heavy atom. The standard InChI is InChI=1S/C16H23N3O/c20-16(17-11-14-5-2-1-3-6-14)13-18-9-10-19-8-4-7-15(19)12-18/h1-3,5-6,15H,4,7-13H2,(H,17,20). The molecule has 0 aliphatic carbocycles.